The number of carbonyl (C=O) groups is 2. The Kier molecular flexibility index (Phi) is 5.00. The van der Waals surface area contributed by atoms with Gasteiger partial charge in [-0.1, -0.05) is 13.0 Å². The Labute approximate surface area is 194 Å². The van der Waals surface area contributed by atoms with Crippen LogP contribution in [0.25, 0.3) is 0 Å². The summed E-state index contributed by atoms with van der Waals surface area (Å²) in [6.45, 7) is 5.25. The van der Waals surface area contributed by atoms with Crippen molar-refractivity contribution < 1.29 is 28.9 Å². The zero-order valence-corrected chi connectivity index (χ0v) is 20.1. The summed E-state index contributed by atoms with van der Waals surface area (Å²) in [4.78, 5) is 30.4. The maximum Gasteiger partial charge on any atom is 0.344 e. The molecule has 1 aliphatic carbocycles. The van der Waals surface area contributed by atoms with Crippen LogP contribution in [0, 0.1) is 5.41 Å². The molecule has 1 aromatic rings. The Bertz CT molecular complexity index is 999. The van der Waals surface area contributed by atoms with E-state index in [1.165, 1.54) is 14.0 Å². The van der Waals surface area contributed by atoms with Gasteiger partial charge in [-0.15, -0.1) is 0 Å². The topological polar surface area (TPSA) is 88.5 Å². The minimum absolute atomic E-state index is 0.0279. The number of rotatable bonds is 4. The minimum atomic E-state index is -2.03. The predicted molar refractivity (Wildman–Crippen MR) is 121 cm³/mol. The van der Waals surface area contributed by atoms with Crippen LogP contribution >= 0.6 is 0 Å². The molecule has 0 amide bonds. The highest BCUT2D eigenvalue weighted by Gasteiger charge is 2.80. The summed E-state index contributed by atoms with van der Waals surface area (Å²) in [6, 6.07) is 5.41. The fourth-order valence-corrected chi connectivity index (χ4v) is 8.16. The number of benzene rings is 1. The molecule has 8 nitrogen and oxygen atoms in total. The molecule has 4 aliphatic rings. The van der Waals surface area contributed by atoms with Crippen molar-refractivity contribution in [2.45, 2.75) is 68.7 Å². The first-order valence-electron chi connectivity index (χ1n) is 11.9. The Hall–Kier alpha value is -2.32. The van der Waals surface area contributed by atoms with Gasteiger partial charge in [-0.2, -0.15) is 0 Å². The summed E-state index contributed by atoms with van der Waals surface area (Å²) in [7, 11) is 4.82. The van der Waals surface area contributed by atoms with Crippen molar-refractivity contribution in [2.75, 3.05) is 39.3 Å². The first-order valence-corrected chi connectivity index (χ1v) is 11.9. The number of fused-ring (bicyclic) bond motifs is 1. The van der Waals surface area contributed by atoms with E-state index in [1.54, 1.807) is 7.11 Å². The quantitative estimate of drug-likeness (QED) is 0.684. The highest BCUT2D eigenvalue weighted by molar-refractivity contribution is 5.86. The summed E-state index contributed by atoms with van der Waals surface area (Å²) in [6.07, 6.45) is 2.16. The molecular formula is C25H34N2O6. The second-order valence-electron chi connectivity index (χ2n) is 10.1. The van der Waals surface area contributed by atoms with Gasteiger partial charge in [-0.25, -0.2) is 4.79 Å². The molecular weight excluding hydrogens is 424 g/mol. The maximum absolute atomic E-state index is 13.5. The van der Waals surface area contributed by atoms with Gasteiger partial charge in [0.1, 0.15) is 5.75 Å². The van der Waals surface area contributed by atoms with Crippen LogP contribution in [0.15, 0.2) is 18.2 Å². The molecule has 0 aromatic heterocycles. The standard InChI is InChI=1S/C25H34N2O6/c1-6-23-10-7-12-27-13-11-24(19(23)27)17-9-8-16(31-4)14-18(17)26(3)20(24)25(30,22(29)32-5)21(23)33-15(2)28/h8-9,14,19-21,30H,6-7,10-13H2,1-5H3/t19-,20+,21+,23+,24+,25-/m0/s1. The van der Waals surface area contributed by atoms with Crippen LogP contribution in [0.2, 0.25) is 0 Å². The van der Waals surface area contributed by atoms with Crippen molar-refractivity contribution in [3.8, 4) is 5.75 Å². The maximum atomic E-state index is 13.5. The van der Waals surface area contributed by atoms with E-state index in [0.717, 1.165) is 43.6 Å². The zero-order valence-electron chi connectivity index (χ0n) is 20.1. The second-order valence-corrected chi connectivity index (χ2v) is 10.1. The number of anilines is 1. The number of nitrogens with zero attached hydrogens (tertiary/aromatic N) is 2. The van der Waals surface area contributed by atoms with Crippen LogP contribution in [-0.4, -0.2) is 80.1 Å². The van der Waals surface area contributed by atoms with Crippen molar-refractivity contribution in [1.29, 1.82) is 0 Å². The van der Waals surface area contributed by atoms with Crippen LogP contribution in [0.5, 0.6) is 5.75 Å². The third-order valence-corrected chi connectivity index (χ3v) is 9.05. The van der Waals surface area contributed by atoms with Crippen LogP contribution in [0.3, 0.4) is 0 Å². The highest BCUT2D eigenvalue weighted by Crippen LogP contribution is 2.68. The molecule has 8 heteroatoms. The van der Waals surface area contributed by atoms with Crippen LogP contribution in [0.1, 0.15) is 45.1 Å². The molecule has 6 atom stereocenters. The number of piperidine rings is 1. The molecule has 0 unspecified atom stereocenters. The Morgan fingerprint density at radius 1 is 1.18 bits per heavy atom. The molecule has 2 saturated heterocycles. The van der Waals surface area contributed by atoms with E-state index < -0.39 is 40.5 Å². The largest absolute Gasteiger partial charge is 0.497 e. The van der Waals surface area contributed by atoms with Crippen molar-refractivity contribution in [3.05, 3.63) is 23.8 Å². The van der Waals surface area contributed by atoms with E-state index in [4.69, 9.17) is 14.2 Å². The smallest absolute Gasteiger partial charge is 0.344 e. The summed E-state index contributed by atoms with van der Waals surface area (Å²) in [5.74, 6) is -0.535. The second kappa shape index (κ2) is 7.34. The first-order chi connectivity index (χ1) is 15.7. The van der Waals surface area contributed by atoms with Crippen molar-refractivity contribution in [1.82, 2.24) is 4.90 Å². The average molecular weight is 459 g/mol. The van der Waals surface area contributed by atoms with E-state index >= 15 is 0 Å². The minimum Gasteiger partial charge on any atom is -0.497 e. The third kappa shape index (κ3) is 2.54. The number of hydrogen-bond acceptors (Lipinski definition) is 8. The molecule has 3 aliphatic heterocycles. The lowest BCUT2D eigenvalue weighted by Gasteiger charge is -2.65. The van der Waals surface area contributed by atoms with Gasteiger partial charge in [0.15, 0.2) is 6.10 Å². The predicted octanol–water partition coefficient (Wildman–Crippen LogP) is 1.87. The number of methoxy groups -OCH3 is 2. The van der Waals surface area contributed by atoms with E-state index in [-0.39, 0.29) is 6.04 Å². The number of likely N-dealkylation sites (N-methyl/N-ethyl adjacent to an activating group) is 1. The molecule has 180 valence electrons. The number of aliphatic hydroxyl groups is 1. The molecule has 0 radical (unpaired) electrons. The molecule has 3 heterocycles. The van der Waals surface area contributed by atoms with E-state index in [1.807, 2.05) is 24.1 Å². The molecule has 1 N–H and O–H groups in total. The van der Waals surface area contributed by atoms with Gasteiger partial charge in [-0.05, 0) is 50.4 Å². The molecule has 3 fully saturated rings. The lowest BCUT2D eigenvalue weighted by Crippen LogP contribution is -2.82. The number of ether oxygens (including phenoxy) is 3. The third-order valence-electron chi connectivity index (χ3n) is 9.05. The monoisotopic (exact) mass is 458 g/mol. The Balaban J connectivity index is 1.84. The van der Waals surface area contributed by atoms with Gasteiger partial charge in [0.05, 0.1) is 20.3 Å². The summed E-state index contributed by atoms with van der Waals surface area (Å²) < 4.78 is 16.7. The molecule has 1 aromatic carbocycles. The zero-order chi connectivity index (χ0) is 23.8. The van der Waals surface area contributed by atoms with E-state index in [2.05, 4.69) is 17.9 Å². The van der Waals surface area contributed by atoms with Gasteiger partial charge >= 0.3 is 11.9 Å². The molecule has 5 rings (SSSR count). The molecule has 0 bridgehead atoms. The normalized spacial score (nSPS) is 38.8. The fourth-order valence-electron chi connectivity index (χ4n) is 8.16. The lowest BCUT2D eigenvalue weighted by atomic mass is 9.46. The van der Waals surface area contributed by atoms with Gasteiger partial charge < -0.3 is 24.2 Å². The van der Waals surface area contributed by atoms with Crippen LogP contribution in [-0.2, 0) is 24.5 Å². The van der Waals surface area contributed by atoms with Gasteiger partial charge in [0.25, 0.3) is 0 Å². The van der Waals surface area contributed by atoms with Crippen LogP contribution < -0.4 is 9.64 Å². The molecule has 1 saturated carbocycles. The summed E-state index contributed by atoms with van der Waals surface area (Å²) in [5.41, 5.74) is -1.06. The molecule has 33 heavy (non-hydrogen) atoms. The first kappa shape index (κ1) is 22.5. The number of esters is 2. The van der Waals surface area contributed by atoms with Crippen molar-refractivity contribution >= 4 is 17.6 Å². The summed E-state index contributed by atoms with van der Waals surface area (Å²) in [5, 5.41) is 12.5. The van der Waals surface area contributed by atoms with E-state index in [9.17, 15) is 14.7 Å². The summed E-state index contributed by atoms with van der Waals surface area (Å²) >= 11 is 0. The van der Waals surface area contributed by atoms with E-state index in [0.29, 0.717) is 12.2 Å². The average Bonchev–Trinajstić information content (AvgIpc) is 3.32. The highest BCUT2D eigenvalue weighted by atomic mass is 16.6. The van der Waals surface area contributed by atoms with Gasteiger partial charge in [-0.3, -0.25) is 9.69 Å². The Morgan fingerprint density at radius 2 is 1.94 bits per heavy atom. The number of hydrogen-bond donors (Lipinski definition) is 1. The lowest BCUT2D eigenvalue weighted by molar-refractivity contribution is -0.242. The number of carbonyl (C=O) groups excluding carboxylic acids is 2. The van der Waals surface area contributed by atoms with Crippen molar-refractivity contribution in [2.24, 2.45) is 5.41 Å². The van der Waals surface area contributed by atoms with Gasteiger partial charge in [0, 0.05) is 42.6 Å². The van der Waals surface area contributed by atoms with Crippen LogP contribution in [0.4, 0.5) is 5.69 Å². The van der Waals surface area contributed by atoms with Gasteiger partial charge in [0.2, 0.25) is 5.60 Å². The molecule has 1 spiro atoms. The SMILES string of the molecule is CC[C@]12CCCN3CC[C@@]4(c5ccc(OC)cc5N(C)[C@H]4[C@@](O)(C(=O)OC)[C@@H]1OC(C)=O)[C@@H]32. The van der Waals surface area contributed by atoms with Crippen molar-refractivity contribution in [3.63, 3.8) is 0 Å². The Morgan fingerprint density at radius 3 is 2.58 bits per heavy atom. The fraction of sp³-hybridized carbons (Fsp3) is 0.680.